The normalized spacial score (nSPS) is 11.6. The van der Waals surface area contributed by atoms with E-state index in [9.17, 15) is 0 Å². The lowest BCUT2D eigenvalue weighted by Crippen LogP contribution is -2.21. The van der Waals surface area contributed by atoms with E-state index >= 15 is 0 Å². The number of hydrogen-bond donors (Lipinski definition) is 1. The van der Waals surface area contributed by atoms with Crippen molar-refractivity contribution in [3.8, 4) is 0 Å². The van der Waals surface area contributed by atoms with Gasteiger partial charge in [0.1, 0.15) is 0 Å². The van der Waals surface area contributed by atoms with Crippen LogP contribution in [0.15, 0.2) is 12.1 Å². The molecule has 0 aromatic carbocycles. The van der Waals surface area contributed by atoms with Crippen LogP contribution < -0.4 is 5.32 Å². The van der Waals surface area contributed by atoms with Crippen LogP contribution in [0, 0.1) is 5.92 Å². The molecule has 3 heteroatoms. The number of ether oxygens (including phenoxy) is 1. The summed E-state index contributed by atoms with van der Waals surface area (Å²) in [6.45, 7) is 11.4. The Morgan fingerprint density at radius 3 is 2.53 bits per heavy atom. The van der Waals surface area contributed by atoms with E-state index in [1.165, 1.54) is 9.75 Å². The van der Waals surface area contributed by atoms with Gasteiger partial charge in [-0.05, 0) is 24.5 Å². The fraction of sp³-hybridized carbons (Fsp3) is 0.714. The molecule has 2 nitrogen and oxygen atoms in total. The summed E-state index contributed by atoms with van der Waals surface area (Å²) in [6.07, 6.45) is 1.15. The average Bonchev–Trinajstić information content (AvgIpc) is 2.69. The number of hydrogen-bond acceptors (Lipinski definition) is 3. The maximum atomic E-state index is 5.66. The van der Waals surface area contributed by atoms with Crippen molar-refractivity contribution in [3.05, 3.63) is 21.9 Å². The van der Waals surface area contributed by atoms with Crippen molar-refractivity contribution in [2.45, 2.75) is 53.3 Å². The highest BCUT2D eigenvalue weighted by Gasteiger charge is 2.01. The van der Waals surface area contributed by atoms with E-state index in [0.29, 0.717) is 6.04 Å². The van der Waals surface area contributed by atoms with Gasteiger partial charge in [0.15, 0.2) is 0 Å². The fourth-order valence-corrected chi connectivity index (χ4v) is 2.30. The minimum Gasteiger partial charge on any atom is -0.376 e. The average molecular weight is 255 g/mol. The molecule has 0 amide bonds. The first-order chi connectivity index (χ1) is 8.08. The SMILES string of the molecule is CC(C)CCOCc1ccc(CNC(C)C)s1. The van der Waals surface area contributed by atoms with Gasteiger partial charge >= 0.3 is 0 Å². The second-order valence-electron chi connectivity index (χ2n) is 5.14. The first-order valence-electron chi connectivity index (χ1n) is 6.46. The van der Waals surface area contributed by atoms with Gasteiger partial charge in [0, 0.05) is 28.9 Å². The summed E-state index contributed by atoms with van der Waals surface area (Å²) >= 11 is 1.85. The molecule has 0 unspecified atom stereocenters. The third kappa shape index (κ3) is 6.81. The van der Waals surface area contributed by atoms with Crippen LogP contribution in [0.2, 0.25) is 0 Å². The molecule has 0 atom stereocenters. The van der Waals surface area contributed by atoms with E-state index in [1.807, 2.05) is 11.3 Å². The maximum Gasteiger partial charge on any atom is 0.0809 e. The Morgan fingerprint density at radius 2 is 1.88 bits per heavy atom. The molecular weight excluding hydrogens is 230 g/mol. The molecule has 1 aromatic heterocycles. The first-order valence-corrected chi connectivity index (χ1v) is 7.28. The van der Waals surface area contributed by atoms with Gasteiger partial charge in [0.2, 0.25) is 0 Å². The van der Waals surface area contributed by atoms with Crippen molar-refractivity contribution in [2.75, 3.05) is 6.61 Å². The van der Waals surface area contributed by atoms with E-state index < -0.39 is 0 Å². The summed E-state index contributed by atoms with van der Waals surface area (Å²) in [5, 5.41) is 3.43. The maximum absolute atomic E-state index is 5.66. The zero-order valence-electron chi connectivity index (χ0n) is 11.5. The zero-order valence-corrected chi connectivity index (χ0v) is 12.3. The molecule has 0 saturated carbocycles. The third-order valence-electron chi connectivity index (χ3n) is 2.49. The monoisotopic (exact) mass is 255 g/mol. The van der Waals surface area contributed by atoms with E-state index in [2.05, 4.69) is 45.1 Å². The second-order valence-corrected chi connectivity index (χ2v) is 6.39. The largest absolute Gasteiger partial charge is 0.376 e. The zero-order chi connectivity index (χ0) is 12.7. The Kier molecular flexibility index (Phi) is 6.78. The highest BCUT2D eigenvalue weighted by atomic mass is 32.1. The molecule has 0 aliphatic carbocycles. The highest BCUT2D eigenvalue weighted by Crippen LogP contribution is 2.17. The Morgan fingerprint density at radius 1 is 1.18 bits per heavy atom. The van der Waals surface area contributed by atoms with Crippen molar-refractivity contribution in [1.29, 1.82) is 0 Å². The van der Waals surface area contributed by atoms with E-state index in [4.69, 9.17) is 4.74 Å². The number of thiophene rings is 1. The lowest BCUT2D eigenvalue weighted by atomic mass is 10.1. The molecule has 0 spiro atoms. The van der Waals surface area contributed by atoms with Crippen LogP contribution in [0.3, 0.4) is 0 Å². The number of rotatable bonds is 8. The Balaban J connectivity index is 2.21. The van der Waals surface area contributed by atoms with E-state index in [0.717, 1.165) is 32.1 Å². The lowest BCUT2D eigenvalue weighted by Gasteiger charge is -2.06. The number of nitrogens with one attached hydrogen (secondary N) is 1. The van der Waals surface area contributed by atoms with Gasteiger partial charge in [-0.1, -0.05) is 27.7 Å². The minimum absolute atomic E-state index is 0.544. The van der Waals surface area contributed by atoms with Crippen LogP contribution in [0.1, 0.15) is 43.9 Å². The van der Waals surface area contributed by atoms with E-state index in [-0.39, 0.29) is 0 Å². The topological polar surface area (TPSA) is 21.3 Å². The first kappa shape index (κ1) is 14.7. The molecule has 0 fully saturated rings. The highest BCUT2D eigenvalue weighted by molar-refractivity contribution is 7.11. The van der Waals surface area contributed by atoms with Crippen molar-refractivity contribution >= 4 is 11.3 Å². The van der Waals surface area contributed by atoms with Gasteiger partial charge in [-0.2, -0.15) is 0 Å². The van der Waals surface area contributed by atoms with Crippen LogP contribution in [-0.4, -0.2) is 12.6 Å². The predicted molar refractivity (Wildman–Crippen MR) is 75.4 cm³/mol. The van der Waals surface area contributed by atoms with E-state index in [1.54, 1.807) is 0 Å². The molecule has 0 radical (unpaired) electrons. The standard InChI is InChI=1S/C14H25NOS/c1-11(2)7-8-16-10-14-6-5-13(17-14)9-15-12(3)4/h5-6,11-12,15H,7-10H2,1-4H3. The van der Waals surface area contributed by atoms with Gasteiger partial charge in [0.05, 0.1) is 6.61 Å². The van der Waals surface area contributed by atoms with Crippen molar-refractivity contribution in [2.24, 2.45) is 5.92 Å². The van der Waals surface area contributed by atoms with Gasteiger partial charge < -0.3 is 10.1 Å². The summed E-state index contributed by atoms with van der Waals surface area (Å²) in [5.74, 6) is 0.726. The smallest absolute Gasteiger partial charge is 0.0809 e. The van der Waals surface area contributed by atoms with Gasteiger partial charge in [-0.25, -0.2) is 0 Å². The summed E-state index contributed by atoms with van der Waals surface area (Å²) in [4.78, 5) is 2.72. The quantitative estimate of drug-likeness (QED) is 0.713. The van der Waals surface area contributed by atoms with Gasteiger partial charge in [-0.3, -0.25) is 0 Å². The van der Waals surface area contributed by atoms with Gasteiger partial charge in [-0.15, -0.1) is 11.3 Å². The molecule has 98 valence electrons. The Hall–Kier alpha value is -0.380. The lowest BCUT2D eigenvalue weighted by molar-refractivity contribution is 0.112. The second kappa shape index (κ2) is 7.85. The molecule has 1 aromatic rings. The molecule has 0 aliphatic heterocycles. The molecule has 1 rings (SSSR count). The Bertz CT molecular complexity index is 307. The third-order valence-corrected chi connectivity index (χ3v) is 3.54. The van der Waals surface area contributed by atoms with Crippen molar-refractivity contribution in [1.82, 2.24) is 5.32 Å². The molecule has 1 N–H and O–H groups in total. The summed E-state index contributed by atoms with van der Waals surface area (Å²) in [5.41, 5.74) is 0. The van der Waals surface area contributed by atoms with Crippen LogP contribution in [0.25, 0.3) is 0 Å². The molecule has 0 aliphatic rings. The summed E-state index contributed by atoms with van der Waals surface area (Å²) < 4.78 is 5.66. The van der Waals surface area contributed by atoms with Crippen LogP contribution >= 0.6 is 11.3 Å². The van der Waals surface area contributed by atoms with Crippen molar-refractivity contribution < 1.29 is 4.74 Å². The van der Waals surface area contributed by atoms with Crippen LogP contribution in [-0.2, 0) is 17.9 Å². The van der Waals surface area contributed by atoms with Crippen molar-refractivity contribution in [3.63, 3.8) is 0 Å². The molecular formula is C14H25NOS. The Labute approximate surface area is 109 Å². The molecule has 0 bridgehead atoms. The van der Waals surface area contributed by atoms with Crippen LogP contribution in [0.5, 0.6) is 0 Å². The summed E-state index contributed by atoms with van der Waals surface area (Å²) in [6, 6.07) is 4.92. The fourth-order valence-electron chi connectivity index (χ4n) is 1.39. The molecule has 0 saturated heterocycles. The summed E-state index contributed by atoms with van der Waals surface area (Å²) in [7, 11) is 0. The molecule has 17 heavy (non-hydrogen) atoms. The van der Waals surface area contributed by atoms with Gasteiger partial charge in [0.25, 0.3) is 0 Å². The predicted octanol–water partition coefficient (Wildman–Crippen LogP) is 3.81. The minimum atomic E-state index is 0.544. The molecule has 1 heterocycles. The van der Waals surface area contributed by atoms with Crippen LogP contribution in [0.4, 0.5) is 0 Å².